The summed E-state index contributed by atoms with van der Waals surface area (Å²) >= 11 is 0. The van der Waals surface area contributed by atoms with Crippen LogP contribution in [0, 0.1) is 23.9 Å². The molecule has 7 rings (SSSR count). The Bertz CT molecular complexity index is 1970. The van der Waals surface area contributed by atoms with Gasteiger partial charge in [0.2, 0.25) is 0 Å². The number of hydrogen-bond acceptors (Lipinski definition) is 3. The zero-order chi connectivity index (χ0) is 32.5. The van der Waals surface area contributed by atoms with E-state index in [9.17, 15) is 0 Å². The molecule has 0 N–H and O–H groups in total. The largest absolute Gasteiger partial charge is 0.500 e. The summed E-state index contributed by atoms with van der Waals surface area (Å²) in [6, 6.07) is 29.5. The van der Waals surface area contributed by atoms with E-state index in [1.165, 1.54) is 36.4 Å². The predicted octanol–water partition coefficient (Wildman–Crippen LogP) is 10.5. The molecule has 0 aliphatic heterocycles. The van der Waals surface area contributed by atoms with Gasteiger partial charge >= 0.3 is 0 Å². The molecular weight excluding hydrogens is 764 g/mol. The van der Waals surface area contributed by atoms with E-state index in [1.54, 1.807) is 12.3 Å². The van der Waals surface area contributed by atoms with Crippen molar-refractivity contribution < 1.29 is 30.3 Å². The third-order valence-electron chi connectivity index (χ3n) is 8.72. The molecule has 0 amide bonds. The van der Waals surface area contributed by atoms with Gasteiger partial charge < -0.3 is 14.4 Å². The van der Waals surface area contributed by atoms with Gasteiger partial charge in [-0.1, -0.05) is 106 Å². The first kappa shape index (κ1) is 32.5. The van der Waals surface area contributed by atoms with Crippen LogP contribution < -0.4 is 5.19 Å². The van der Waals surface area contributed by atoms with Crippen molar-refractivity contribution in [1.29, 1.82) is 0 Å². The summed E-state index contributed by atoms with van der Waals surface area (Å²) in [5.41, 5.74) is 6.49. The number of benzene rings is 3. The Kier molecular flexibility index (Phi) is 10.3. The summed E-state index contributed by atoms with van der Waals surface area (Å²) < 4.78 is 29.5. The molecule has 3 aromatic heterocycles. The number of pyridine rings is 2. The second-order valence-electron chi connectivity index (χ2n) is 13.4. The van der Waals surface area contributed by atoms with Crippen molar-refractivity contribution in [2.45, 2.75) is 71.5 Å². The van der Waals surface area contributed by atoms with E-state index in [2.05, 4.69) is 47.8 Å². The zero-order valence-electron chi connectivity index (χ0n) is 28.2. The number of halogens is 1. The van der Waals surface area contributed by atoms with E-state index in [0.29, 0.717) is 27.8 Å². The van der Waals surface area contributed by atoms with Crippen LogP contribution in [0.15, 0.2) is 89.6 Å². The molecule has 0 atom stereocenters. The van der Waals surface area contributed by atoms with Gasteiger partial charge in [0, 0.05) is 45.1 Å². The van der Waals surface area contributed by atoms with Crippen LogP contribution in [0.25, 0.3) is 44.5 Å². The number of fused-ring (bicyclic) bond motifs is 3. The molecule has 1 aliphatic rings. The van der Waals surface area contributed by atoms with Crippen molar-refractivity contribution in [2.24, 2.45) is 5.92 Å². The third kappa shape index (κ3) is 7.41. The second kappa shape index (κ2) is 14.5. The molecule has 3 heterocycles. The molecule has 239 valence electrons. The predicted molar refractivity (Wildman–Crippen MR) is 187 cm³/mol. The summed E-state index contributed by atoms with van der Waals surface area (Å²) in [6.07, 6.45) is 10.1. The van der Waals surface area contributed by atoms with Crippen LogP contribution in [-0.2, 0) is 26.5 Å². The van der Waals surface area contributed by atoms with E-state index in [1.807, 2.05) is 80.7 Å². The average molecular weight is 806 g/mol. The quantitative estimate of drug-likeness (QED) is 0.124. The summed E-state index contributed by atoms with van der Waals surface area (Å²) in [6.45, 7) is 10.8. The Morgan fingerprint density at radius 1 is 0.957 bits per heavy atom. The van der Waals surface area contributed by atoms with Crippen molar-refractivity contribution in [3.05, 3.63) is 114 Å². The van der Waals surface area contributed by atoms with Crippen molar-refractivity contribution in [2.75, 3.05) is 0 Å². The Balaban J connectivity index is 0.000000188. The van der Waals surface area contributed by atoms with Gasteiger partial charge in [-0.2, -0.15) is 0 Å². The molecule has 6 aromatic rings. The number of nitrogens with zero attached hydrogens (tertiary/aromatic N) is 2. The molecule has 1 radical (unpaired) electrons. The molecule has 46 heavy (non-hydrogen) atoms. The molecule has 1 fully saturated rings. The zero-order valence-corrected chi connectivity index (χ0v) is 30.6. The fraction of sp³-hybridized carbons (Fsp3) is 0.300. The molecule has 3 nitrogen and oxygen atoms in total. The van der Waals surface area contributed by atoms with Gasteiger partial charge in [-0.15, -0.1) is 48.0 Å². The minimum Gasteiger partial charge on any atom is -0.500 e. The molecule has 1 aliphatic carbocycles. The molecule has 1 saturated carbocycles. The number of para-hydroxylation sites is 1. The average Bonchev–Trinajstić information content (AvgIpc) is 3.69. The minimum absolute atomic E-state index is 0. The fourth-order valence-electron chi connectivity index (χ4n) is 6.36. The molecule has 6 heteroatoms. The molecule has 0 bridgehead atoms. The fourth-order valence-corrected chi connectivity index (χ4v) is 7.94. The summed E-state index contributed by atoms with van der Waals surface area (Å²) in [7, 11) is -1.50. The Morgan fingerprint density at radius 2 is 1.72 bits per heavy atom. The number of hydrogen-bond donors (Lipinski definition) is 0. The monoisotopic (exact) mass is 806 g/mol. The van der Waals surface area contributed by atoms with Gasteiger partial charge in [0.05, 0.1) is 13.7 Å². The maximum Gasteiger partial charge on any atom is 0.121 e. The van der Waals surface area contributed by atoms with E-state index in [4.69, 9.17) is 5.79 Å². The van der Waals surface area contributed by atoms with Crippen molar-refractivity contribution in [3.8, 4) is 22.5 Å². The Labute approximate surface area is 288 Å². The van der Waals surface area contributed by atoms with Crippen molar-refractivity contribution >= 4 is 35.2 Å². The maximum atomic E-state index is 15.3. The number of rotatable bonds is 6. The second-order valence-corrected chi connectivity index (χ2v) is 18.4. The normalized spacial score (nSPS) is 14.1. The van der Waals surface area contributed by atoms with Crippen LogP contribution in [-0.4, -0.2) is 18.0 Å². The SMILES string of the molecule is Fc1c(-c2cc(CC3CCCC3)ccn2)[c-]cc2oc3ccccc3c12.[2H]C(C)(C)c1cc(-c2[c-]cccc2)ncc1[Si](C)(C)C.[Ir]. The van der Waals surface area contributed by atoms with E-state index in [-0.39, 0.29) is 25.9 Å². The number of furan rings is 1. The Morgan fingerprint density at radius 3 is 2.43 bits per heavy atom. The molecular formula is C40H41FIrN2OSi-2. The van der Waals surface area contributed by atoms with Crippen LogP contribution in [0.2, 0.25) is 19.6 Å². The van der Waals surface area contributed by atoms with E-state index in [0.717, 1.165) is 34.5 Å². The van der Waals surface area contributed by atoms with E-state index < -0.39 is 14.0 Å². The molecule has 0 unspecified atom stereocenters. The first-order valence-electron chi connectivity index (χ1n) is 16.4. The van der Waals surface area contributed by atoms with Crippen molar-refractivity contribution in [3.63, 3.8) is 0 Å². The van der Waals surface area contributed by atoms with Gasteiger partial charge in [-0.3, -0.25) is 4.39 Å². The van der Waals surface area contributed by atoms with E-state index >= 15 is 4.39 Å². The van der Waals surface area contributed by atoms with Gasteiger partial charge in [0.25, 0.3) is 0 Å². The van der Waals surface area contributed by atoms with Gasteiger partial charge in [-0.05, 0) is 52.3 Å². The minimum atomic E-state index is -1.50. The maximum absolute atomic E-state index is 15.3. The van der Waals surface area contributed by atoms with Crippen LogP contribution in [0.1, 0.15) is 57.9 Å². The summed E-state index contributed by atoms with van der Waals surface area (Å²) in [5.74, 6) is -0.167. The van der Waals surface area contributed by atoms with Crippen molar-refractivity contribution in [1.82, 2.24) is 9.97 Å². The first-order valence-corrected chi connectivity index (χ1v) is 19.4. The van der Waals surface area contributed by atoms with Gasteiger partial charge in [0.15, 0.2) is 0 Å². The third-order valence-corrected chi connectivity index (χ3v) is 10.7. The summed E-state index contributed by atoms with van der Waals surface area (Å²) in [4.78, 5) is 9.02. The summed E-state index contributed by atoms with van der Waals surface area (Å²) in [5, 5.41) is 2.58. The first-order chi connectivity index (χ1) is 22.0. The van der Waals surface area contributed by atoms with Crippen LogP contribution in [0.3, 0.4) is 0 Å². The number of aromatic nitrogens is 2. The standard InChI is InChI=1S/C23H19FNO.C17H22NSi.Ir/c24-23-17(9-10-21-22(23)18-7-3-4-8-20(18)26-21)19-14-16(11-12-25-19)13-15-5-1-2-6-15;1-13(2)15-11-16(14-9-7-6-8-10-14)18-12-17(15)19(3,4)5;/h3-4,7-8,10-12,14-15H,1-2,5-6,13H2;6-9,11-13H,1-5H3;/q2*-1;/i;13D;. The molecule has 0 saturated heterocycles. The van der Waals surface area contributed by atoms with Gasteiger partial charge in [-0.25, -0.2) is 0 Å². The smallest absolute Gasteiger partial charge is 0.121 e. The van der Waals surface area contributed by atoms with Crippen LogP contribution >= 0.6 is 0 Å². The topological polar surface area (TPSA) is 38.9 Å². The Hall–Kier alpha value is -3.44. The molecule has 0 spiro atoms. The van der Waals surface area contributed by atoms with Crippen LogP contribution in [0.5, 0.6) is 0 Å². The molecule has 3 aromatic carbocycles. The van der Waals surface area contributed by atoms with Crippen LogP contribution in [0.4, 0.5) is 4.39 Å². The van der Waals surface area contributed by atoms with Gasteiger partial charge in [0.1, 0.15) is 5.58 Å².